The highest BCUT2D eigenvalue weighted by atomic mass is 32.1. The van der Waals surface area contributed by atoms with Crippen LogP contribution in [0.1, 0.15) is 6.92 Å². The minimum Gasteiger partial charge on any atom is -0.353 e. The van der Waals surface area contributed by atoms with E-state index in [9.17, 15) is 0 Å². The summed E-state index contributed by atoms with van der Waals surface area (Å²) in [6.45, 7) is 1.85. The number of nitrogens with one attached hydrogen (secondary N) is 2. The van der Waals surface area contributed by atoms with Gasteiger partial charge in [0.25, 0.3) is 0 Å². The van der Waals surface area contributed by atoms with Gasteiger partial charge in [0.15, 0.2) is 0 Å². The van der Waals surface area contributed by atoms with Gasteiger partial charge in [-0.1, -0.05) is 24.4 Å². The van der Waals surface area contributed by atoms with Crippen LogP contribution in [0, 0.1) is 0 Å². The van der Waals surface area contributed by atoms with Gasteiger partial charge in [0.2, 0.25) is 0 Å². The molecule has 0 aliphatic carbocycles. The molecular formula is C9H10N2S2. The standard InChI is InChI=1S/C9H10N2S2/c1-7(13)11-9-4-2-8(3-5-9)10-6-12/h2-6H,1H3,(H,10,12)(H,11,13). The summed E-state index contributed by atoms with van der Waals surface area (Å²) in [5.41, 5.74) is 3.44. The maximum atomic E-state index is 4.91. The summed E-state index contributed by atoms with van der Waals surface area (Å²) in [4.78, 5) is 0.760. The van der Waals surface area contributed by atoms with Crippen molar-refractivity contribution in [2.24, 2.45) is 0 Å². The van der Waals surface area contributed by atoms with E-state index >= 15 is 0 Å². The Balaban J connectivity index is 2.69. The first-order valence-corrected chi connectivity index (χ1v) is 4.68. The summed E-state index contributed by atoms with van der Waals surface area (Å²) < 4.78 is 0. The molecule has 0 unspecified atom stereocenters. The molecule has 1 aromatic rings. The molecule has 68 valence electrons. The fraction of sp³-hybridized carbons (Fsp3) is 0.111. The van der Waals surface area contributed by atoms with Gasteiger partial charge in [0.1, 0.15) is 0 Å². The molecule has 2 N–H and O–H groups in total. The fourth-order valence-electron chi connectivity index (χ4n) is 0.921. The fourth-order valence-corrected chi connectivity index (χ4v) is 1.18. The van der Waals surface area contributed by atoms with Crippen LogP contribution in [-0.2, 0) is 0 Å². The van der Waals surface area contributed by atoms with E-state index in [-0.39, 0.29) is 0 Å². The van der Waals surface area contributed by atoms with Gasteiger partial charge in [-0.05, 0) is 31.2 Å². The maximum absolute atomic E-state index is 4.91. The van der Waals surface area contributed by atoms with E-state index in [1.165, 1.54) is 5.49 Å². The number of rotatable bonds is 3. The number of anilines is 2. The normalized spacial score (nSPS) is 9.00. The van der Waals surface area contributed by atoms with E-state index in [0.717, 1.165) is 16.4 Å². The molecule has 13 heavy (non-hydrogen) atoms. The Morgan fingerprint density at radius 1 is 1.23 bits per heavy atom. The number of thiocarbonyl (C=S) groups is 2. The lowest BCUT2D eigenvalue weighted by Crippen LogP contribution is -2.03. The maximum Gasteiger partial charge on any atom is 0.0765 e. The van der Waals surface area contributed by atoms with Gasteiger partial charge in [-0.15, -0.1) is 0 Å². The second-order valence-corrected chi connectivity index (χ2v) is 3.37. The van der Waals surface area contributed by atoms with E-state index in [2.05, 4.69) is 22.9 Å². The van der Waals surface area contributed by atoms with E-state index in [4.69, 9.17) is 12.2 Å². The van der Waals surface area contributed by atoms with E-state index in [1.54, 1.807) is 0 Å². The van der Waals surface area contributed by atoms with E-state index < -0.39 is 0 Å². The molecule has 0 radical (unpaired) electrons. The third kappa shape index (κ3) is 3.48. The lowest BCUT2D eigenvalue weighted by Gasteiger charge is -2.04. The molecule has 0 aromatic heterocycles. The Labute approximate surface area is 88.3 Å². The molecule has 1 aromatic carbocycles. The molecular weight excluding hydrogens is 200 g/mol. The zero-order chi connectivity index (χ0) is 9.68. The summed E-state index contributed by atoms with van der Waals surface area (Å²) in [5, 5.41) is 5.96. The van der Waals surface area contributed by atoms with Crippen molar-refractivity contribution in [1.82, 2.24) is 0 Å². The predicted molar refractivity (Wildman–Crippen MR) is 65.6 cm³/mol. The summed E-state index contributed by atoms with van der Waals surface area (Å²) >= 11 is 9.58. The molecule has 0 spiro atoms. The van der Waals surface area contributed by atoms with Gasteiger partial charge in [0.05, 0.1) is 10.5 Å². The monoisotopic (exact) mass is 210 g/mol. The van der Waals surface area contributed by atoms with Crippen molar-refractivity contribution < 1.29 is 0 Å². The molecule has 2 nitrogen and oxygen atoms in total. The second kappa shape index (κ2) is 4.89. The van der Waals surface area contributed by atoms with Crippen LogP contribution in [0.25, 0.3) is 0 Å². The van der Waals surface area contributed by atoms with Gasteiger partial charge >= 0.3 is 0 Å². The van der Waals surface area contributed by atoms with Crippen molar-refractivity contribution >= 4 is 46.3 Å². The third-order valence-corrected chi connectivity index (χ3v) is 1.65. The van der Waals surface area contributed by atoms with Crippen LogP contribution < -0.4 is 10.6 Å². The third-order valence-electron chi connectivity index (χ3n) is 1.43. The highest BCUT2D eigenvalue weighted by molar-refractivity contribution is 7.80. The van der Waals surface area contributed by atoms with Crippen molar-refractivity contribution in [3.05, 3.63) is 24.3 Å². The minimum atomic E-state index is 0.760. The summed E-state index contributed by atoms with van der Waals surface area (Å²) in [6, 6.07) is 7.75. The van der Waals surface area contributed by atoms with Crippen LogP contribution in [-0.4, -0.2) is 10.5 Å². The van der Waals surface area contributed by atoms with Gasteiger partial charge in [-0.2, -0.15) is 0 Å². The molecule has 1 rings (SSSR count). The van der Waals surface area contributed by atoms with Crippen molar-refractivity contribution in [3.8, 4) is 0 Å². The average molecular weight is 210 g/mol. The van der Waals surface area contributed by atoms with Crippen molar-refractivity contribution in [3.63, 3.8) is 0 Å². The molecule has 0 bridgehead atoms. The first-order valence-electron chi connectivity index (χ1n) is 3.80. The highest BCUT2D eigenvalue weighted by Gasteiger charge is 1.92. The van der Waals surface area contributed by atoms with E-state index in [1.807, 2.05) is 31.2 Å². The zero-order valence-corrected chi connectivity index (χ0v) is 8.84. The van der Waals surface area contributed by atoms with Crippen LogP contribution in [0.2, 0.25) is 0 Å². The summed E-state index contributed by atoms with van der Waals surface area (Å²) in [6.07, 6.45) is 0. The van der Waals surface area contributed by atoms with Crippen molar-refractivity contribution in [1.29, 1.82) is 0 Å². The van der Waals surface area contributed by atoms with Gasteiger partial charge in [0, 0.05) is 11.4 Å². The Kier molecular flexibility index (Phi) is 3.79. The SMILES string of the molecule is CC(=S)Nc1ccc(NC=S)cc1. The van der Waals surface area contributed by atoms with Gasteiger partial charge in [-0.25, -0.2) is 0 Å². The molecule has 0 amide bonds. The highest BCUT2D eigenvalue weighted by Crippen LogP contribution is 2.12. The molecule has 0 heterocycles. The molecule has 0 saturated heterocycles. The predicted octanol–water partition coefficient (Wildman–Crippen LogP) is 2.81. The first kappa shape index (κ1) is 10.1. The Bertz CT molecular complexity index is 306. The van der Waals surface area contributed by atoms with Crippen LogP contribution in [0.5, 0.6) is 0 Å². The van der Waals surface area contributed by atoms with Crippen molar-refractivity contribution in [2.45, 2.75) is 6.92 Å². The molecule has 4 heteroatoms. The first-order chi connectivity index (χ1) is 6.22. The molecule has 0 atom stereocenters. The van der Waals surface area contributed by atoms with Gasteiger partial charge in [-0.3, -0.25) is 0 Å². The number of hydrogen-bond donors (Lipinski definition) is 2. The van der Waals surface area contributed by atoms with Crippen LogP contribution >= 0.6 is 24.4 Å². The Hall–Kier alpha value is -1.00. The lowest BCUT2D eigenvalue weighted by atomic mass is 10.3. The zero-order valence-electron chi connectivity index (χ0n) is 7.20. The summed E-state index contributed by atoms with van der Waals surface area (Å²) in [7, 11) is 0. The number of benzene rings is 1. The molecule has 0 saturated carbocycles. The largest absolute Gasteiger partial charge is 0.353 e. The minimum absolute atomic E-state index is 0.760. The second-order valence-electron chi connectivity index (χ2n) is 2.52. The topological polar surface area (TPSA) is 24.1 Å². The van der Waals surface area contributed by atoms with Gasteiger partial charge < -0.3 is 10.6 Å². The Morgan fingerprint density at radius 3 is 2.23 bits per heavy atom. The summed E-state index contributed by atoms with van der Waals surface area (Å²) in [5.74, 6) is 0. The van der Waals surface area contributed by atoms with E-state index in [0.29, 0.717) is 0 Å². The smallest absolute Gasteiger partial charge is 0.0765 e. The van der Waals surface area contributed by atoms with Crippen molar-refractivity contribution in [2.75, 3.05) is 10.6 Å². The lowest BCUT2D eigenvalue weighted by molar-refractivity contribution is 1.61. The van der Waals surface area contributed by atoms with Crippen LogP contribution in [0.15, 0.2) is 24.3 Å². The number of hydrogen-bond acceptors (Lipinski definition) is 2. The quantitative estimate of drug-likeness (QED) is 0.749. The average Bonchev–Trinajstić information content (AvgIpc) is 2.08. The molecule has 0 aliphatic rings. The van der Waals surface area contributed by atoms with Crippen LogP contribution in [0.3, 0.4) is 0 Å². The molecule has 0 fully saturated rings. The molecule has 0 aliphatic heterocycles. The van der Waals surface area contributed by atoms with Crippen LogP contribution in [0.4, 0.5) is 11.4 Å². The Morgan fingerprint density at radius 2 is 1.77 bits per heavy atom.